The first-order valence-corrected chi connectivity index (χ1v) is 9.32. The summed E-state index contributed by atoms with van der Waals surface area (Å²) in [4.78, 5) is 12.8. The van der Waals surface area contributed by atoms with E-state index in [0.29, 0.717) is 24.8 Å². The Morgan fingerprint density at radius 2 is 2.00 bits per heavy atom. The third-order valence-corrected chi connectivity index (χ3v) is 5.40. The van der Waals surface area contributed by atoms with Crippen LogP contribution in [0.2, 0.25) is 0 Å². The average molecular weight is 358 g/mol. The Morgan fingerprint density at radius 3 is 2.58 bits per heavy atom. The van der Waals surface area contributed by atoms with Crippen molar-refractivity contribution in [3.05, 3.63) is 35.9 Å². The van der Waals surface area contributed by atoms with Crippen LogP contribution in [0.3, 0.4) is 0 Å². The van der Waals surface area contributed by atoms with Crippen LogP contribution in [0.4, 0.5) is 0 Å². The molecule has 1 aromatic rings. The second kappa shape index (κ2) is 8.24. The summed E-state index contributed by atoms with van der Waals surface area (Å²) >= 11 is 0. The first-order chi connectivity index (χ1) is 12.2. The van der Waals surface area contributed by atoms with Crippen LogP contribution in [0, 0.1) is 29.1 Å². The molecule has 0 aromatic heterocycles. The highest BCUT2D eigenvalue weighted by Gasteiger charge is 2.55. The minimum absolute atomic E-state index is 0.00199. The van der Waals surface area contributed by atoms with Crippen LogP contribution in [0.5, 0.6) is 0 Å². The second-order valence-corrected chi connectivity index (χ2v) is 8.05. The van der Waals surface area contributed by atoms with Crippen molar-refractivity contribution in [2.24, 2.45) is 17.3 Å². The van der Waals surface area contributed by atoms with Crippen molar-refractivity contribution in [2.45, 2.75) is 58.7 Å². The van der Waals surface area contributed by atoms with Gasteiger partial charge < -0.3 is 14.9 Å². The summed E-state index contributed by atoms with van der Waals surface area (Å²) < 4.78 is 6.08. The fourth-order valence-corrected chi connectivity index (χ4v) is 3.90. The number of hydrogen-bond donors (Lipinski definition) is 2. The van der Waals surface area contributed by atoms with E-state index in [2.05, 4.69) is 11.8 Å². The van der Waals surface area contributed by atoms with Crippen LogP contribution < -0.4 is 0 Å². The first kappa shape index (κ1) is 20.5. The van der Waals surface area contributed by atoms with E-state index in [0.717, 1.165) is 0 Å². The molecule has 1 unspecified atom stereocenters. The molecule has 2 N–H and O–H groups in total. The Bertz CT molecular complexity index is 670. The van der Waals surface area contributed by atoms with Crippen LogP contribution in [0.15, 0.2) is 30.3 Å². The summed E-state index contributed by atoms with van der Waals surface area (Å²) in [6, 6.07) is 8.92. The molecule has 4 heteroatoms. The average Bonchev–Trinajstić information content (AvgIpc) is 2.57. The van der Waals surface area contributed by atoms with Crippen molar-refractivity contribution in [3.8, 4) is 11.8 Å². The van der Waals surface area contributed by atoms with Crippen molar-refractivity contribution < 1.29 is 19.7 Å². The maximum absolute atomic E-state index is 12.8. The largest absolute Gasteiger partial charge is 0.441 e. The number of hydrogen-bond acceptors (Lipinski definition) is 4. The highest BCUT2D eigenvalue weighted by molar-refractivity contribution is 5.89. The minimum atomic E-state index is -0.983. The molecule has 4 nitrogen and oxygen atoms in total. The molecular formula is C22H30O4. The lowest BCUT2D eigenvalue weighted by Crippen LogP contribution is -2.57. The smallest absolute Gasteiger partial charge is 0.339 e. The maximum Gasteiger partial charge on any atom is 0.339 e. The normalized spacial score (nSPS) is 28.5. The molecule has 142 valence electrons. The number of aliphatic hydroxyl groups is 2. The van der Waals surface area contributed by atoms with E-state index < -0.39 is 23.1 Å². The third-order valence-electron chi connectivity index (χ3n) is 5.40. The van der Waals surface area contributed by atoms with Gasteiger partial charge in [0.05, 0.1) is 11.7 Å². The molecule has 0 spiro atoms. The van der Waals surface area contributed by atoms with Crippen molar-refractivity contribution in [2.75, 3.05) is 6.61 Å². The number of rotatable bonds is 4. The maximum atomic E-state index is 12.8. The fourth-order valence-electron chi connectivity index (χ4n) is 3.90. The van der Waals surface area contributed by atoms with Gasteiger partial charge in [0.2, 0.25) is 0 Å². The number of esters is 1. The van der Waals surface area contributed by atoms with E-state index in [4.69, 9.17) is 9.84 Å². The molecule has 1 aliphatic rings. The monoisotopic (exact) mass is 358 g/mol. The Hall–Kier alpha value is -1.83. The summed E-state index contributed by atoms with van der Waals surface area (Å²) in [6.45, 7) is 7.99. The molecule has 1 fully saturated rings. The van der Waals surface area contributed by atoms with Gasteiger partial charge in [-0.05, 0) is 31.4 Å². The van der Waals surface area contributed by atoms with E-state index in [-0.39, 0.29) is 18.4 Å². The van der Waals surface area contributed by atoms with Crippen LogP contribution in [-0.4, -0.2) is 34.5 Å². The van der Waals surface area contributed by atoms with Gasteiger partial charge in [-0.3, -0.25) is 0 Å². The second-order valence-electron chi connectivity index (χ2n) is 8.05. The van der Waals surface area contributed by atoms with Gasteiger partial charge in [-0.15, -0.1) is 0 Å². The Morgan fingerprint density at radius 1 is 1.35 bits per heavy atom. The highest BCUT2D eigenvalue weighted by Crippen LogP contribution is 2.49. The quantitative estimate of drug-likeness (QED) is 0.639. The molecule has 0 heterocycles. The van der Waals surface area contributed by atoms with Gasteiger partial charge in [-0.2, -0.15) is 0 Å². The number of ether oxygens (including phenoxy) is 1. The zero-order chi connectivity index (χ0) is 19.4. The topological polar surface area (TPSA) is 66.8 Å². The van der Waals surface area contributed by atoms with Crippen LogP contribution >= 0.6 is 0 Å². The third kappa shape index (κ3) is 4.28. The number of carbonyl (C=O) groups excluding carboxylic acids is 1. The fraction of sp³-hybridized carbons (Fsp3) is 0.591. The molecule has 2 rings (SSSR count). The number of benzene rings is 1. The summed E-state index contributed by atoms with van der Waals surface area (Å²) in [6.07, 6.45) is 1.20. The van der Waals surface area contributed by atoms with Gasteiger partial charge in [0, 0.05) is 23.9 Å². The van der Waals surface area contributed by atoms with Gasteiger partial charge in [0.15, 0.2) is 5.60 Å². The van der Waals surface area contributed by atoms with E-state index in [9.17, 15) is 9.90 Å². The van der Waals surface area contributed by atoms with Crippen LogP contribution in [-0.2, 0) is 4.74 Å². The molecule has 1 saturated carbocycles. The highest BCUT2D eigenvalue weighted by atomic mass is 16.6. The lowest BCUT2D eigenvalue weighted by molar-refractivity contribution is -0.128. The van der Waals surface area contributed by atoms with Gasteiger partial charge in [0.1, 0.15) is 0 Å². The Labute approximate surface area is 156 Å². The standard InChI is InChI=1S/C22H30O4/c1-16(11-13-23)10-12-22(17(2)14-19(24)15-21(22,3)4)26-20(25)18-8-6-5-7-9-18/h5-9,16-17,19,23-24H,11,13-15H2,1-4H3/t16?,17-,19-,22+/m1/s1. The summed E-state index contributed by atoms with van der Waals surface area (Å²) in [5.74, 6) is 5.94. The summed E-state index contributed by atoms with van der Waals surface area (Å²) in [5, 5.41) is 19.4. The van der Waals surface area contributed by atoms with Crippen molar-refractivity contribution in [1.82, 2.24) is 0 Å². The lowest BCUT2D eigenvalue weighted by Gasteiger charge is -2.51. The van der Waals surface area contributed by atoms with Crippen LogP contribution in [0.25, 0.3) is 0 Å². The van der Waals surface area contributed by atoms with Crippen molar-refractivity contribution in [3.63, 3.8) is 0 Å². The van der Waals surface area contributed by atoms with E-state index >= 15 is 0 Å². The summed E-state index contributed by atoms with van der Waals surface area (Å²) in [5.41, 5.74) is -0.991. The Balaban J connectivity index is 2.43. The SMILES string of the molecule is CC(C#C[C@]1(OC(=O)c2ccccc2)[C@H](C)C[C@@H](O)CC1(C)C)CCO. The van der Waals surface area contributed by atoms with Crippen molar-refractivity contribution >= 4 is 5.97 Å². The molecule has 0 aliphatic heterocycles. The molecule has 26 heavy (non-hydrogen) atoms. The Kier molecular flexibility index (Phi) is 6.49. The van der Waals surface area contributed by atoms with E-state index in [1.165, 1.54) is 0 Å². The van der Waals surface area contributed by atoms with Crippen molar-refractivity contribution in [1.29, 1.82) is 0 Å². The molecule has 1 aliphatic carbocycles. The molecule has 0 bridgehead atoms. The van der Waals surface area contributed by atoms with Gasteiger partial charge in [-0.25, -0.2) is 4.79 Å². The van der Waals surface area contributed by atoms with E-state index in [1.807, 2.05) is 33.8 Å². The molecular weight excluding hydrogens is 328 g/mol. The zero-order valence-corrected chi connectivity index (χ0v) is 16.2. The molecule has 0 radical (unpaired) electrons. The molecule has 0 saturated heterocycles. The zero-order valence-electron chi connectivity index (χ0n) is 16.2. The predicted octanol–water partition coefficient (Wildman–Crippen LogP) is 3.42. The van der Waals surface area contributed by atoms with Gasteiger partial charge in [-0.1, -0.05) is 57.7 Å². The van der Waals surface area contributed by atoms with Gasteiger partial charge >= 0.3 is 5.97 Å². The van der Waals surface area contributed by atoms with Crippen LogP contribution in [0.1, 0.15) is 57.3 Å². The number of aliphatic hydroxyl groups excluding tert-OH is 2. The minimum Gasteiger partial charge on any atom is -0.441 e. The molecule has 0 amide bonds. The summed E-state index contributed by atoms with van der Waals surface area (Å²) in [7, 11) is 0. The predicted molar refractivity (Wildman–Crippen MR) is 101 cm³/mol. The lowest BCUT2D eigenvalue weighted by atomic mass is 9.60. The molecule has 4 atom stereocenters. The van der Waals surface area contributed by atoms with Gasteiger partial charge in [0.25, 0.3) is 0 Å². The number of carbonyl (C=O) groups is 1. The molecule has 1 aromatic carbocycles. The van der Waals surface area contributed by atoms with E-state index in [1.54, 1.807) is 24.3 Å². The first-order valence-electron chi connectivity index (χ1n) is 9.32.